The molecule has 2 heterocycles. The molecule has 0 bridgehead atoms. The third-order valence-corrected chi connectivity index (χ3v) is 7.82. The van der Waals surface area contributed by atoms with E-state index in [1.807, 2.05) is 52.0 Å². The molecule has 3 aromatic rings. The number of hydrogen-bond donors (Lipinski definition) is 0. The largest absolute Gasteiger partial charge is 0.497 e. The predicted octanol–water partition coefficient (Wildman–Crippen LogP) is 3.53. The molecule has 0 fully saturated rings. The highest BCUT2D eigenvalue weighted by molar-refractivity contribution is 7.07. The van der Waals surface area contributed by atoms with E-state index in [4.69, 9.17) is 23.9 Å². The van der Waals surface area contributed by atoms with E-state index < -0.39 is 6.04 Å². The summed E-state index contributed by atoms with van der Waals surface area (Å²) in [5, 5.41) is 0. The predicted molar refractivity (Wildman–Crippen MR) is 155 cm³/mol. The molecular weight excluding hydrogens is 530 g/mol. The minimum atomic E-state index is -0.770. The highest BCUT2D eigenvalue weighted by Gasteiger charge is 2.36. The number of benzene rings is 2. The van der Waals surface area contributed by atoms with E-state index in [1.54, 1.807) is 49.0 Å². The average Bonchev–Trinajstić information content (AvgIpc) is 3.27. The van der Waals surface area contributed by atoms with Gasteiger partial charge in [-0.25, -0.2) is 4.99 Å². The first-order chi connectivity index (χ1) is 19.3. The van der Waals surface area contributed by atoms with E-state index >= 15 is 0 Å². The fourth-order valence-corrected chi connectivity index (χ4v) is 5.91. The van der Waals surface area contributed by atoms with Crippen molar-refractivity contribution in [3.05, 3.63) is 78.5 Å². The third kappa shape index (κ3) is 5.23. The number of thiazole rings is 1. The summed E-state index contributed by atoms with van der Waals surface area (Å²) in [6.45, 7) is 9.04. The molecule has 1 amide bonds. The van der Waals surface area contributed by atoms with Gasteiger partial charge in [0.2, 0.25) is 0 Å². The molecule has 4 rings (SSSR count). The van der Waals surface area contributed by atoms with Gasteiger partial charge >= 0.3 is 0 Å². The van der Waals surface area contributed by atoms with E-state index in [2.05, 4.69) is 0 Å². The minimum Gasteiger partial charge on any atom is -0.497 e. The molecule has 1 atom stereocenters. The first-order valence-corrected chi connectivity index (χ1v) is 14.0. The van der Waals surface area contributed by atoms with Crippen LogP contribution in [0.1, 0.15) is 44.9 Å². The van der Waals surface area contributed by atoms with Crippen LogP contribution in [0.2, 0.25) is 0 Å². The van der Waals surface area contributed by atoms with Crippen molar-refractivity contribution in [1.82, 2.24) is 9.47 Å². The zero-order valence-corrected chi connectivity index (χ0v) is 24.8. The van der Waals surface area contributed by atoms with Gasteiger partial charge in [-0.15, -0.1) is 0 Å². The number of rotatable bonds is 10. The zero-order chi connectivity index (χ0) is 29.0. The van der Waals surface area contributed by atoms with Crippen molar-refractivity contribution >= 4 is 23.3 Å². The van der Waals surface area contributed by atoms with E-state index in [0.29, 0.717) is 74.4 Å². The highest BCUT2D eigenvalue weighted by atomic mass is 32.1. The molecular formula is C30H35N3O6S. The van der Waals surface area contributed by atoms with E-state index in [1.165, 1.54) is 11.3 Å². The van der Waals surface area contributed by atoms with Gasteiger partial charge in [-0.2, -0.15) is 0 Å². The number of fused-ring (bicyclic) bond motifs is 1. The molecule has 40 heavy (non-hydrogen) atoms. The molecule has 1 aliphatic rings. The summed E-state index contributed by atoms with van der Waals surface area (Å²) >= 11 is 1.26. The summed E-state index contributed by atoms with van der Waals surface area (Å²) in [6.07, 6.45) is 1.78. The van der Waals surface area contributed by atoms with Gasteiger partial charge in [0.05, 0.1) is 43.7 Å². The van der Waals surface area contributed by atoms with Gasteiger partial charge in [-0.1, -0.05) is 23.5 Å². The Labute approximate surface area is 237 Å². The minimum absolute atomic E-state index is 0.179. The number of para-hydroxylation sites is 1. The van der Waals surface area contributed by atoms with Crippen LogP contribution in [0.15, 0.2) is 57.5 Å². The Morgan fingerprint density at radius 3 is 2.40 bits per heavy atom. The van der Waals surface area contributed by atoms with Crippen molar-refractivity contribution in [3.63, 3.8) is 0 Å². The molecule has 0 aliphatic carbocycles. The number of likely N-dealkylation sites (N-methyl/N-ethyl adjacent to an activating group) is 1. The molecule has 10 heteroatoms. The summed E-state index contributed by atoms with van der Waals surface area (Å²) < 4.78 is 24.6. The number of carbonyl (C=O) groups is 1. The molecule has 0 radical (unpaired) electrons. The summed E-state index contributed by atoms with van der Waals surface area (Å²) in [4.78, 5) is 35.0. The lowest BCUT2D eigenvalue weighted by atomic mass is 9.93. The number of methoxy groups -OCH3 is 3. The van der Waals surface area contributed by atoms with Crippen LogP contribution in [0, 0.1) is 0 Å². The SMILES string of the molecule is CCOc1c(/C=c2/sc3n(c2=O)C(c2cc(OC)ccc2OC)C(C(=O)N(CC)CC)=C(C)N=3)cccc1OC. The van der Waals surface area contributed by atoms with Crippen LogP contribution in [-0.2, 0) is 4.79 Å². The standard InChI is InChI=1S/C30H35N3O6S/c1-8-32(9-2)29(35)25-18(4)31-30-33(26(25)21-17-20(36-5)14-15-22(21)37-6)28(34)24(40-30)16-19-12-11-13-23(38-7)27(19)39-10-3/h11-17,26H,8-10H2,1-7H3/b24-16+. The van der Waals surface area contributed by atoms with Gasteiger partial charge in [0.1, 0.15) is 17.5 Å². The maximum absolute atomic E-state index is 14.2. The van der Waals surface area contributed by atoms with E-state index in [9.17, 15) is 9.59 Å². The van der Waals surface area contributed by atoms with Gasteiger partial charge in [0.15, 0.2) is 16.3 Å². The van der Waals surface area contributed by atoms with Crippen LogP contribution < -0.4 is 33.8 Å². The lowest BCUT2D eigenvalue weighted by Crippen LogP contribution is -2.43. The second kappa shape index (κ2) is 12.4. The fraction of sp³-hybridized carbons (Fsp3) is 0.367. The average molecular weight is 566 g/mol. The molecule has 0 N–H and O–H groups in total. The first kappa shape index (κ1) is 28.9. The van der Waals surface area contributed by atoms with Gasteiger partial charge < -0.3 is 23.8 Å². The van der Waals surface area contributed by atoms with E-state index in [-0.39, 0.29) is 11.5 Å². The van der Waals surface area contributed by atoms with Gasteiger partial charge in [0.25, 0.3) is 11.5 Å². The number of carbonyl (C=O) groups excluding carboxylic acids is 1. The maximum Gasteiger partial charge on any atom is 0.271 e. The van der Waals surface area contributed by atoms with Crippen molar-refractivity contribution in [2.45, 2.75) is 33.7 Å². The van der Waals surface area contributed by atoms with Crippen LogP contribution in [0.3, 0.4) is 0 Å². The van der Waals surface area contributed by atoms with Crippen molar-refractivity contribution in [2.75, 3.05) is 41.0 Å². The molecule has 1 aromatic heterocycles. The van der Waals surface area contributed by atoms with Crippen LogP contribution in [0.5, 0.6) is 23.0 Å². The zero-order valence-electron chi connectivity index (χ0n) is 23.9. The van der Waals surface area contributed by atoms with E-state index in [0.717, 1.165) is 0 Å². The van der Waals surface area contributed by atoms with Crippen molar-refractivity contribution in [2.24, 2.45) is 4.99 Å². The van der Waals surface area contributed by atoms with Crippen LogP contribution in [-0.4, -0.2) is 56.4 Å². The molecule has 0 saturated carbocycles. The summed E-state index contributed by atoms with van der Waals surface area (Å²) in [5.74, 6) is 2.07. The van der Waals surface area contributed by atoms with Crippen molar-refractivity contribution < 1.29 is 23.7 Å². The Bertz CT molecular complexity index is 1620. The first-order valence-electron chi connectivity index (χ1n) is 13.2. The van der Waals surface area contributed by atoms with Crippen molar-refractivity contribution in [1.29, 1.82) is 0 Å². The smallest absolute Gasteiger partial charge is 0.271 e. The number of hydrogen-bond acceptors (Lipinski definition) is 8. The number of allylic oxidation sites excluding steroid dienone is 1. The molecule has 1 unspecified atom stereocenters. The lowest BCUT2D eigenvalue weighted by Gasteiger charge is -2.30. The molecule has 9 nitrogen and oxygen atoms in total. The second-order valence-electron chi connectivity index (χ2n) is 8.98. The Morgan fingerprint density at radius 1 is 1.05 bits per heavy atom. The quantitative estimate of drug-likeness (QED) is 0.374. The van der Waals surface area contributed by atoms with Crippen LogP contribution in [0.25, 0.3) is 6.08 Å². The second-order valence-corrected chi connectivity index (χ2v) is 9.99. The topological polar surface area (TPSA) is 91.6 Å². The third-order valence-electron chi connectivity index (χ3n) is 6.84. The lowest BCUT2D eigenvalue weighted by molar-refractivity contribution is -0.127. The molecule has 2 aromatic carbocycles. The summed E-state index contributed by atoms with van der Waals surface area (Å²) in [5.41, 5.74) is 2.04. The fourth-order valence-electron chi connectivity index (χ4n) is 4.87. The van der Waals surface area contributed by atoms with Gasteiger partial charge in [0, 0.05) is 24.2 Å². The molecule has 212 valence electrons. The van der Waals surface area contributed by atoms with Crippen LogP contribution >= 0.6 is 11.3 Å². The number of amides is 1. The normalized spacial score (nSPS) is 14.9. The number of aromatic nitrogens is 1. The van der Waals surface area contributed by atoms with Crippen LogP contribution in [0.4, 0.5) is 0 Å². The molecule has 0 spiro atoms. The molecule has 0 saturated heterocycles. The number of nitrogens with zero attached hydrogens (tertiary/aromatic N) is 3. The Hall–Kier alpha value is -4.05. The Balaban J connectivity index is 2.03. The summed E-state index contributed by atoms with van der Waals surface area (Å²) in [7, 11) is 4.72. The summed E-state index contributed by atoms with van der Waals surface area (Å²) in [6, 6.07) is 10.1. The molecule has 1 aliphatic heterocycles. The Morgan fingerprint density at radius 2 is 1.77 bits per heavy atom. The van der Waals surface area contributed by atoms with Gasteiger partial charge in [-0.3, -0.25) is 14.2 Å². The highest BCUT2D eigenvalue weighted by Crippen LogP contribution is 2.38. The monoisotopic (exact) mass is 565 g/mol. The Kier molecular flexibility index (Phi) is 8.99. The van der Waals surface area contributed by atoms with Crippen molar-refractivity contribution in [3.8, 4) is 23.0 Å². The number of ether oxygens (including phenoxy) is 4. The maximum atomic E-state index is 14.2. The van der Waals surface area contributed by atoms with Gasteiger partial charge in [-0.05, 0) is 58.0 Å².